The number of fused-ring (bicyclic) bond motifs is 1. The van der Waals surface area contributed by atoms with Gasteiger partial charge in [-0.3, -0.25) is 4.98 Å². The summed E-state index contributed by atoms with van der Waals surface area (Å²) in [4.78, 5) is 6.81. The first kappa shape index (κ1) is 12.4. The summed E-state index contributed by atoms with van der Waals surface area (Å²) >= 11 is 0. The average molecular weight is 255 g/mol. The number of anilines is 1. The fourth-order valence-corrected chi connectivity index (χ4v) is 2.78. The zero-order valence-electron chi connectivity index (χ0n) is 11.5. The molecule has 3 heteroatoms. The molecule has 1 N–H and O–H groups in total. The molecule has 0 aliphatic carbocycles. The second-order valence-electron chi connectivity index (χ2n) is 5.50. The quantitative estimate of drug-likeness (QED) is 0.914. The lowest BCUT2D eigenvalue weighted by Crippen LogP contribution is -2.32. The van der Waals surface area contributed by atoms with Crippen molar-refractivity contribution in [1.82, 2.24) is 9.88 Å². The van der Waals surface area contributed by atoms with Crippen LogP contribution in [-0.4, -0.2) is 36.6 Å². The molecule has 0 spiro atoms. The van der Waals surface area contributed by atoms with E-state index in [9.17, 15) is 0 Å². The standard InChI is InChI=1S/C16H21N3/c1-19-10-7-13(8-11-19)12-18-16-6-2-5-15-14(16)4-3-9-17-15/h2-6,9,13,18H,7-8,10-12H2,1H3. The summed E-state index contributed by atoms with van der Waals surface area (Å²) in [6.45, 7) is 3.52. The number of hydrogen-bond donors (Lipinski definition) is 1. The summed E-state index contributed by atoms with van der Waals surface area (Å²) in [7, 11) is 2.21. The van der Waals surface area contributed by atoms with Crippen molar-refractivity contribution in [3.05, 3.63) is 36.5 Å². The third-order valence-corrected chi connectivity index (χ3v) is 4.07. The molecule has 2 aromatic rings. The molecule has 2 heterocycles. The van der Waals surface area contributed by atoms with Gasteiger partial charge in [-0.05, 0) is 63.2 Å². The van der Waals surface area contributed by atoms with E-state index in [0.29, 0.717) is 0 Å². The Balaban J connectivity index is 1.68. The average Bonchev–Trinajstić information content (AvgIpc) is 2.47. The van der Waals surface area contributed by atoms with Crippen LogP contribution in [0.4, 0.5) is 5.69 Å². The molecule has 3 nitrogen and oxygen atoms in total. The number of hydrogen-bond acceptors (Lipinski definition) is 3. The van der Waals surface area contributed by atoms with Crippen LogP contribution in [0.15, 0.2) is 36.5 Å². The van der Waals surface area contributed by atoms with Crippen molar-refractivity contribution in [1.29, 1.82) is 0 Å². The van der Waals surface area contributed by atoms with Gasteiger partial charge in [-0.15, -0.1) is 0 Å². The molecular weight excluding hydrogens is 234 g/mol. The molecule has 1 aliphatic heterocycles. The van der Waals surface area contributed by atoms with Crippen LogP contribution in [0.2, 0.25) is 0 Å². The summed E-state index contributed by atoms with van der Waals surface area (Å²) in [6.07, 6.45) is 4.45. The van der Waals surface area contributed by atoms with Gasteiger partial charge in [0, 0.05) is 23.8 Å². The van der Waals surface area contributed by atoms with Gasteiger partial charge in [-0.1, -0.05) is 6.07 Å². The molecule has 0 bridgehead atoms. The molecule has 0 amide bonds. The van der Waals surface area contributed by atoms with E-state index in [1.807, 2.05) is 12.3 Å². The molecule has 1 aliphatic rings. The zero-order valence-corrected chi connectivity index (χ0v) is 11.5. The van der Waals surface area contributed by atoms with Crippen molar-refractivity contribution in [2.75, 3.05) is 32.0 Å². The Bertz CT molecular complexity index is 539. The Hall–Kier alpha value is -1.61. The van der Waals surface area contributed by atoms with Crippen molar-refractivity contribution >= 4 is 16.6 Å². The smallest absolute Gasteiger partial charge is 0.0722 e. The largest absolute Gasteiger partial charge is 0.384 e. The Kier molecular flexibility index (Phi) is 3.65. The van der Waals surface area contributed by atoms with Crippen LogP contribution in [0.5, 0.6) is 0 Å². The highest BCUT2D eigenvalue weighted by molar-refractivity contribution is 5.91. The first-order valence-electron chi connectivity index (χ1n) is 7.09. The summed E-state index contributed by atoms with van der Waals surface area (Å²) in [5, 5.41) is 4.83. The van der Waals surface area contributed by atoms with Gasteiger partial charge in [0.1, 0.15) is 0 Å². The zero-order chi connectivity index (χ0) is 13.1. The SMILES string of the molecule is CN1CCC(CNc2cccc3ncccc23)CC1. The van der Waals surface area contributed by atoms with Gasteiger partial charge in [0.25, 0.3) is 0 Å². The van der Waals surface area contributed by atoms with Crippen molar-refractivity contribution in [3.8, 4) is 0 Å². The van der Waals surface area contributed by atoms with Crippen LogP contribution >= 0.6 is 0 Å². The molecule has 1 fully saturated rings. The van der Waals surface area contributed by atoms with Gasteiger partial charge in [0.2, 0.25) is 0 Å². The first-order chi connectivity index (χ1) is 9.33. The molecule has 0 saturated carbocycles. The fraction of sp³-hybridized carbons (Fsp3) is 0.438. The van der Waals surface area contributed by atoms with E-state index in [0.717, 1.165) is 18.0 Å². The van der Waals surface area contributed by atoms with E-state index in [1.165, 1.54) is 37.0 Å². The van der Waals surface area contributed by atoms with Crippen LogP contribution in [0, 0.1) is 5.92 Å². The molecule has 0 atom stereocenters. The van der Waals surface area contributed by atoms with Gasteiger partial charge in [-0.2, -0.15) is 0 Å². The predicted molar refractivity (Wildman–Crippen MR) is 80.5 cm³/mol. The van der Waals surface area contributed by atoms with Crippen LogP contribution in [0.3, 0.4) is 0 Å². The third-order valence-electron chi connectivity index (χ3n) is 4.07. The van der Waals surface area contributed by atoms with Crippen LogP contribution < -0.4 is 5.32 Å². The van der Waals surface area contributed by atoms with Crippen molar-refractivity contribution < 1.29 is 0 Å². The van der Waals surface area contributed by atoms with Crippen LogP contribution in [0.25, 0.3) is 10.9 Å². The van der Waals surface area contributed by atoms with Crippen LogP contribution in [-0.2, 0) is 0 Å². The second-order valence-corrected chi connectivity index (χ2v) is 5.50. The van der Waals surface area contributed by atoms with E-state index < -0.39 is 0 Å². The number of aromatic nitrogens is 1. The normalized spacial score (nSPS) is 17.7. The van der Waals surface area contributed by atoms with Crippen molar-refractivity contribution in [3.63, 3.8) is 0 Å². The minimum Gasteiger partial charge on any atom is -0.384 e. The minimum absolute atomic E-state index is 0.795. The minimum atomic E-state index is 0.795. The second kappa shape index (κ2) is 5.57. The summed E-state index contributed by atoms with van der Waals surface area (Å²) < 4.78 is 0. The van der Waals surface area contributed by atoms with Gasteiger partial charge in [0.15, 0.2) is 0 Å². The van der Waals surface area contributed by atoms with E-state index in [2.05, 4.69) is 46.5 Å². The summed E-state index contributed by atoms with van der Waals surface area (Å²) in [5.41, 5.74) is 2.28. The topological polar surface area (TPSA) is 28.2 Å². The van der Waals surface area contributed by atoms with Gasteiger partial charge in [0.05, 0.1) is 5.52 Å². The molecular formula is C16H21N3. The Morgan fingerprint density at radius 2 is 2.05 bits per heavy atom. The molecule has 19 heavy (non-hydrogen) atoms. The molecule has 1 saturated heterocycles. The highest BCUT2D eigenvalue weighted by Crippen LogP contribution is 2.23. The highest BCUT2D eigenvalue weighted by atomic mass is 15.1. The molecule has 1 aromatic carbocycles. The predicted octanol–water partition coefficient (Wildman–Crippen LogP) is 2.99. The van der Waals surface area contributed by atoms with Crippen molar-refractivity contribution in [2.45, 2.75) is 12.8 Å². The van der Waals surface area contributed by atoms with Crippen molar-refractivity contribution in [2.24, 2.45) is 5.92 Å². The third kappa shape index (κ3) is 2.87. The van der Waals surface area contributed by atoms with Crippen LogP contribution in [0.1, 0.15) is 12.8 Å². The van der Waals surface area contributed by atoms with Gasteiger partial charge >= 0.3 is 0 Å². The lowest BCUT2D eigenvalue weighted by Gasteiger charge is -2.29. The number of likely N-dealkylation sites (tertiary alicyclic amines) is 1. The number of rotatable bonds is 3. The van der Waals surface area contributed by atoms with E-state index in [-0.39, 0.29) is 0 Å². The lowest BCUT2D eigenvalue weighted by atomic mass is 9.97. The van der Waals surface area contributed by atoms with E-state index in [4.69, 9.17) is 0 Å². The maximum absolute atomic E-state index is 4.40. The molecule has 0 unspecified atom stereocenters. The Morgan fingerprint density at radius 1 is 1.21 bits per heavy atom. The monoisotopic (exact) mass is 255 g/mol. The summed E-state index contributed by atoms with van der Waals surface area (Å²) in [6, 6.07) is 10.4. The fourth-order valence-electron chi connectivity index (χ4n) is 2.78. The summed E-state index contributed by atoms with van der Waals surface area (Å²) in [5.74, 6) is 0.795. The first-order valence-corrected chi connectivity index (χ1v) is 7.09. The number of nitrogens with one attached hydrogen (secondary N) is 1. The molecule has 100 valence electrons. The molecule has 3 rings (SSSR count). The maximum atomic E-state index is 4.40. The maximum Gasteiger partial charge on any atom is 0.0722 e. The van der Waals surface area contributed by atoms with Gasteiger partial charge in [-0.25, -0.2) is 0 Å². The molecule has 0 radical (unpaired) electrons. The lowest BCUT2D eigenvalue weighted by molar-refractivity contribution is 0.226. The van der Waals surface area contributed by atoms with Gasteiger partial charge < -0.3 is 10.2 Å². The Labute approximate surface area is 114 Å². The molecule has 1 aromatic heterocycles. The highest BCUT2D eigenvalue weighted by Gasteiger charge is 2.16. The van der Waals surface area contributed by atoms with E-state index >= 15 is 0 Å². The number of benzene rings is 1. The number of piperidine rings is 1. The number of pyridine rings is 1. The van der Waals surface area contributed by atoms with E-state index in [1.54, 1.807) is 0 Å². The Morgan fingerprint density at radius 3 is 2.89 bits per heavy atom. The number of nitrogens with zero attached hydrogens (tertiary/aromatic N) is 2.